The molecule has 0 saturated heterocycles. The van der Waals surface area contributed by atoms with Gasteiger partial charge in [0.25, 0.3) is 5.91 Å². The molecule has 0 saturated carbocycles. The lowest BCUT2D eigenvalue weighted by atomic mass is 10.1. The summed E-state index contributed by atoms with van der Waals surface area (Å²) in [6, 6.07) is 10.7. The van der Waals surface area contributed by atoms with Gasteiger partial charge in [0.2, 0.25) is 0 Å². The van der Waals surface area contributed by atoms with Gasteiger partial charge >= 0.3 is 6.36 Å². The highest BCUT2D eigenvalue weighted by molar-refractivity contribution is 7.14. The first kappa shape index (κ1) is 18.9. The number of carbonyl (C=O) groups is 1. The van der Waals surface area contributed by atoms with E-state index in [1.807, 2.05) is 37.4 Å². The zero-order chi connectivity index (χ0) is 19.6. The number of halogens is 3. The van der Waals surface area contributed by atoms with Gasteiger partial charge in [-0.15, -0.1) is 24.5 Å². The number of carbonyl (C=O) groups excluding carboxylic acids is 1. The first-order chi connectivity index (χ1) is 12.7. The highest BCUT2D eigenvalue weighted by Gasteiger charge is 2.31. The van der Waals surface area contributed by atoms with Crippen LogP contribution < -0.4 is 10.1 Å². The van der Waals surface area contributed by atoms with Crippen LogP contribution in [0.4, 0.5) is 18.3 Å². The third-order valence-electron chi connectivity index (χ3n) is 3.88. The molecular weight excluding hydrogens is 377 g/mol. The summed E-state index contributed by atoms with van der Waals surface area (Å²) in [5.74, 6) is -0.847. The molecule has 1 aromatic heterocycles. The fourth-order valence-electron chi connectivity index (χ4n) is 2.34. The van der Waals surface area contributed by atoms with Gasteiger partial charge in [0.15, 0.2) is 5.13 Å². The molecule has 0 bridgehead atoms. The number of thiazole rings is 1. The molecule has 0 radical (unpaired) electrons. The molecule has 0 aliphatic rings. The van der Waals surface area contributed by atoms with E-state index < -0.39 is 12.3 Å². The van der Waals surface area contributed by atoms with E-state index in [4.69, 9.17) is 0 Å². The fraction of sp³-hybridized carbons (Fsp3) is 0.158. The van der Waals surface area contributed by atoms with Gasteiger partial charge in [0.1, 0.15) is 5.75 Å². The minimum atomic E-state index is -4.77. The third-order valence-corrected chi connectivity index (χ3v) is 4.64. The Morgan fingerprint density at radius 2 is 1.78 bits per heavy atom. The highest BCUT2D eigenvalue weighted by Crippen LogP contribution is 2.27. The number of aromatic nitrogens is 1. The first-order valence-corrected chi connectivity index (χ1v) is 8.79. The Hall–Kier alpha value is -2.87. The van der Waals surface area contributed by atoms with Crippen LogP contribution in [-0.2, 0) is 0 Å². The number of rotatable bonds is 4. The van der Waals surface area contributed by atoms with Crippen molar-refractivity contribution in [1.82, 2.24) is 4.98 Å². The van der Waals surface area contributed by atoms with Gasteiger partial charge in [0, 0.05) is 16.5 Å². The molecule has 8 heteroatoms. The van der Waals surface area contributed by atoms with E-state index in [0.29, 0.717) is 5.13 Å². The molecule has 140 valence electrons. The second-order valence-corrected chi connectivity index (χ2v) is 6.72. The molecule has 1 N–H and O–H groups in total. The molecule has 0 aliphatic carbocycles. The van der Waals surface area contributed by atoms with E-state index in [2.05, 4.69) is 15.0 Å². The number of nitrogens with zero attached hydrogens (tertiary/aromatic N) is 1. The Morgan fingerprint density at radius 1 is 1.07 bits per heavy atom. The van der Waals surface area contributed by atoms with Crippen LogP contribution in [0.15, 0.2) is 47.8 Å². The molecule has 3 aromatic rings. The maximum atomic E-state index is 12.2. The smallest absolute Gasteiger partial charge is 0.406 e. The van der Waals surface area contributed by atoms with Crippen molar-refractivity contribution in [2.24, 2.45) is 0 Å². The zero-order valence-corrected chi connectivity index (χ0v) is 15.2. The van der Waals surface area contributed by atoms with Gasteiger partial charge in [-0.1, -0.05) is 12.1 Å². The molecule has 4 nitrogen and oxygen atoms in total. The normalized spacial score (nSPS) is 11.3. The van der Waals surface area contributed by atoms with Crippen LogP contribution in [0.25, 0.3) is 11.3 Å². The summed E-state index contributed by atoms with van der Waals surface area (Å²) in [6.45, 7) is 4.04. The van der Waals surface area contributed by atoms with Gasteiger partial charge in [-0.05, 0) is 55.3 Å². The maximum absolute atomic E-state index is 12.2. The van der Waals surface area contributed by atoms with Gasteiger partial charge in [-0.3, -0.25) is 10.1 Å². The number of hydrogen-bond acceptors (Lipinski definition) is 4. The number of anilines is 1. The summed E-state index contributed by atoms with van der Waals surface area (Å²) < 4.78 is 40.3. The molecule has 27 heavy (non-hydrogen) atoms. The number of amides is 1. The Bertz CT molecular complexity index is 966. The SMILES string of the molecule is Cc1ccc(-c2csc(NC(=O)c3ccc(OC(F)(F)F)cc3)n2)cc1C. The quantitative estimate of drug-likeness (QED) is 0.631. The van der Waals surface area contributed by atoms with Crippen molar-refractivity contribution in [2.45, 2.75) is 20.2 Å². The summed E-state index contributed by atoms with van der Waals surface area (Å²) in [4.78, 5) is 16.6. The first-order valence-electron chi connectivity index (χ1n) is 7.91. The second kappa shape index (κ2) is 7.40. The van der Waals surface area contributed by atoms with E-state index in [-0.39, 0.29) is 11.3 Å². The second-order valence-electron chi connectivity index (χ2n) is 5.86. The number of ether oxygens (including phenoxy) is 1. The summed E-state index contributed by atoms with van der Waals surface area (Å²) in [6.07, 6.45) is -4.77. The molecule has 0 unspecified atom stereocenters. The monoisotopic (exact) mass is 392 g/mol. The number of alkyl halides is 3. The number of aryl methyl sites for hydroxylation is 2. The van der Waals surface area contributed by atoms with Crippen LogP contribution >= 0.6 is 11.3 Å². The van der Waals surface area contributed by atoms with Crippen molar-refractivity contribution < 1.29 is 22.7 Å². The summed E-state index contributed by atoms with van der Waals surface area (Å²) in [5.41, 5.74) is 4.22. The van der Waals surface area contributed by atoms with E-state index >= 15 is 0 Å². The molecule has 0 atom stereocenters. The van der Waals surface area contributed by atoms with Gasteiger partial charge in [-0.2, -0.15) is 0 Å². The van der Waals surface area contributed by atoms with Crippen LogP contribution in [0.2, 0.25) is 0 Å². The van der Waals surface area contributed by atoms with Gasteiger partial charge < -0.3 is 4.74 Å². The largest absolute Gasteiger partial charge is 0.573 e. The van der Waals surface area contributed by atoms with Crippen molar-refractivity contribution in [3.8, 4) is 17.0 Å². The standard InChI is InChI=1S/C19H15F3N2O2S/c1-11-3-4-14(9-12(11)2)16-10-27-18(23-16)24-17(25)13-5-7-15(8-6-13)26-19(20,21)22/h3-10H,1-2H3,(H,23,24,25). The predicted molar refractivity (Wildman–Crippen MR) is 98.1 cm³/mol. The van der Waals surface area contributed by atoms with Crippen LogP contribution in [-0.4, -0.2) is 17.3 Å². The van der Waals surface area contributed by atoms with Crippen molar-refractivity contribution >= 4 is 22.4 Å². The Kier molecular flexibility index (Phi) is 5.18. The molecule has 2 aromatic carbocycles. The zero-order valence-electron chi connectivity index (χ0n) is 14.4. The minimum absolute atomic E-state index is 0.201. The Morgan fingerprint density at radius 3 is 2.41 bits per heavy atom. The lowest BCUT2D eigenvalue weighted by molar-refractivity contribution is -0.274. The summed E-state index contributed by atoms with van der Waals surface area (Å²) >= 11 is 1.27. The lowest BCUT2D eigenvalue weighted by Gasteiger charge is -2.09. The number of hydrogen-bond donors (Lipinski definition) is 1. The lowest BCUT2D eigenvalue weighted by Crippen LogP contribution is -2.17. The Labute approximate surface area is 157 Å². The number of nitrogens with one attached hydrogen (secondary N) is 1. The predicted octanol–water partition coefficient (Wildman–Crippen LogP) is 5.58. The molecule has 1 heterocycles. The summed E-state index contributed by atoms with van der Waals surface area (Å²) in [5, 5.41) is 4.89. The van der Waals surface area contributed by atoms with Crippen molar-refractivity contribution in [3.05, 3.63) is 64.5 Å². The summed E-state index contributed by atoms with van der Waals surface area (Å²) in [7, 11) is 0. The molecule has 1 amide bonds. The average molecular weight is 392 g/mol. The van der Waals surface area contributed by atoms with E-state index in [9.17, 15) is 18.0 Å². The molecule has 0 fully saturated rings. The van der Waals surface area contributed by atoms with Crippen molar-refractivity contribution in [3.63, 3.8) is 0 Å². The van der Waals surface area contributed by atoms with Crippen LogP contribution in [0.5, 0.6) is 5.75 Å². The van der Waals surface area contributed by atoms with Crippen molar-refractivity contribution in [1.29, 1.82) is 0 Å². The molecular formula is C19H15F3N2O2S. The van der Waals surface area contributed by atoms with Gasteiger partial charge in [0.05, 0.1) is 5.69 Å². The topological polar surface area (TPSA) is 51.2 Å². The van der Waals surface area contributed by atoms with Crippen LogP contribution in [0.3, 0.4) is 0 Å². The maximum Gasteiger partial charge on any atom is 0.573 e. The van der Waals surface area contributed by atoms with Crippen LogP contribution in [0.1, 0.15) is 21.5 Å². The fourth-order valence-corrected chi connectivity index (χ4v) is 3.06. The number of benzene rings is 2. The average Bonchev–Trinajstić information content (AvgIpc) is 3.05. The highest BCUT2D eigenvalue weighted by atomic mass is 32.1. The van der Waals surface area contributed by atoms with Crippen molar-refractivity contribution in [2.75, 3.05) is 5.32 Å². The van der Waals surface area contributed by atoms with E-state index in [0.717, 1.165) is 29.0 Å². The molecule has 0 aliphatic heterocycles. The Balaban J connectivity index is 1.69. The van der Waals surface area contributed by atoms with E-state index in [1.165, 1.54) is 29.0 Å². The molecule has 3 rings (SSSR count). The van der Waals surface area contributed by atoms with E-state index in [1.54, 1.807) is 0 Å². The molecule has 0 spiro atoms. The minimum Gasteiger partial charge on any atom is -0.406 e. The van der Waals surface area contributed by atoms with Gasteiger partial charge in [-0.25, -0.2) is 4.98 Å². The van der Waals surface area contributed by atoms with Crippen LogP contribution in [0, 0.1) is 13.8 Å². The third kappa shape index (κ3) is 4.85.